The van der Waals surface area contributed by atoms with Crippen LogP contribution in [0.2, 0.25) is 0 Å². The van der Waals surface area contributed by atoms with E-state index >= 15 is 0 Å². The maximum absolute atomic E-state index is 13.8. The fraction of sp³-hybridized carbons (Fsp3) is 0.353. The lowest BCUT2D eigenvalue weighted by Gasteiger charge is -2.38. The zero-order chi connectivity index (χ0) is 15.7. The molecule has 3 rings (SSSR count). The zero-order valence-electron chi connectivity index (χ0n) is 13.1. The zero-order valence-corrected chi connectivity index (χ0v) is 13.9. The van der Waals surface area contributed by atoms with Crippen molar-refractivity contribution < 1.29 is 13.6 Å². The number of piperazine rings is 1. The first-order chi connectivity index (χ1) is 10.6. The molecule has 1 aliphatic heterocycles. The number of benzene rings is 1. The summed E-state index contributed by atoms with van der Waals surface area (Å²) in [7, 11) is 0. The second-order valence-electron chi connectivity index (χ2n) is 5.63. The molecule has 1 amide bonds. The van der Waals surface area contributed by atoms with E-state index in [1.807, 2.05) is 6.92 Å². The Labute approximate surface area is 141 Å². The molecule has 23 heavy (non-hydrogen) atoms. The maximum atomic E-state index is 13.8. The lowest BCUT2D eigenvalue weighted by molar-refractivity contribution is 0.0571. The normalized spacial score (nSPS) is 20.9. The fourth-order valence-electron chi connectivity index (χ4n) is 2.74. The Hall–Kier alpha value is -1.85. The molecule has 2 atom stereocenters. The van der Waals surface area contributed by atoms with Gasteiger partial charge in [0, 0.05) is 25.2 Å². The summed E-state index contributed by atoms with van der Waals surface area (Å²) in [5, 5.41) is 3.33. The van der Waals surface area contributed by atoms with E-state index in [0.717, 1.165) is 6.54 Å². The number of halogens is 2. The summed E-state index contributed by atoms with van der Waals surface area (Å²) in [6.45, 7) is 5.46. The molecule has 1 fully saturated rings. The van der Waals surface area contributed by atoms with Crippen molar-refractivity contribution in [2.75, 3.05) is 13.1 Å². The van der Waals surface area contributed by atoms with E-state index in [-0.39, 0.29) is 42.0 Å². The molecule has 0 radical (unpaired) electrons. The largest absolute Gasteiger partial charge is 0.451 e. The summed E-state index contributed by atoms with van der Waals surface area (Å²) >= 11 is 0. The standard InChI is InChI=1S/C17H19FN2O2.ClH/c1-11-12(2)20(10-9-19-11)17(21)16-8-7-15(22-16)13-5-3-4-6-14(13)18;/h3-8,11-12,19H,9-10H2,1-2H3;1H. The van der Waals surface area contributed by atoms with Crippen LogP contribution in [0, 0.1) is 5.82 Å². The number of hydrogen-bond donors (Lipinski definition) is 1. The molecule has 0 bridgehead atoms. The molecule has 1 aromatic heterocycles. The van der Waals surface area contributed by atoms with Crippen molar-refractivity contribution in [3.63, 3.8) is 0 Å². The minimum atomic E-state index is -0.361. The number of nitrogens with zero attached hydrogens (tertiary/aromatic N) is 1. The number of carbonyl (C=O) groups excluding carboxylic acids is 1. The van der Waals surface area contributed by atoms with Gasteiger partial charge in [-0.2, -0.15) is 0 Å². The molecule has 1 N–H and O–H groups in total. The van der Waals surface area contributed by atoms with Gasteiger partial charge in [0.15, 0.2) is 5.76 Å². The maximum Gasteiger partial charge on any atom is 0.289 e. The molecule has 0 saturated carbocycles. The number of carbonyl (C=O) groups is 1. The van der Waals surface area contributed by atoms with Crippen molar-refractivity contribution in [1.29, 1.82) is 0 Å². The average molecular weight is 339 g/mol. The predicted molar refractivity (Wildman–Crippen MR) is 89.3 cm³/mol. The van der Waals surface area contributed by atoms with Gasteiger partial charge >= 0.3 is 0 Å². The molecule has 0 aliphatic carbocycles. The van der Waals surface area contributed by atoms with E-state index in [0.29, 0.717) is 17.9 Å². The van der Waals surface area contributed by atoms with Gasteiger partial charge < -0.3 is 14.6 Å². The fourth-order valence-corrected chi connectivity index (χ4v) is 2.74. The van der Waals surface area contributed by atoms with Crippen molar-refractivity contribution in [2.45, 2.75) is 25.9 Å². The summed E-state index contributed by atoms with van der Waals surface area (Å²) in [6.07, 6.45) is 0. The van der Waals surface area contributed by atoms with E-state index in [2.05, 4.69) is 12.2 Å². The van der Waals surface area contributed by atoms with Crippen LogP contribution in [-0.2, 0) is 0 Å². The highest BCUT2D eigenvalue weighted by Crippen LogP contribution is 2.26. The molecule has 2 aromatic rings. The Morgan fingerprint density at radius 2 is 2.00 bits per heavy atom. The SMILES string of the molecule is CC1NCCN(C(=O)c2ccc(-c3ccccc3F)o2)C1C.Cl. The summed E-state index contributed by atoms with van der Waals surface area (Å²) in [6, 6.07) is 9.95. The summed E-state index contributed by atoms with van der Waals surface area (Å²) in [5.74, 6) is 0.111. The predicted octanol–water partition coefficient (Wildman–Crippen LogP) is 3.33. The van der Waals surface area contributed by atoms with Crippen molar-refractivity contribution in [3.8, 4) is 11.3 Å². The van der Waals surface area contributed by atoms with Crippen LogP contribution in [0.1, 0.15) is 24.4 Å². The molecule has 0 spiro atoms. The Bertz CT molecular complexity index is 689. The molecule has 4 nitrogen and oxygen atoms in total. The van der Waals surface area contributed by atoms with Gasteiger partial charge in [0.05, 0.1) is 5.56 Å². The van der Waals surface area contributed by atoms with Crippen LogP contribution in [0.5, 0.6) is 0 Å². The quantitative estimate of drug-likeness (QED) is 0.913. The highest BCUT2D eigenvalue weighted by atomic mass is 35.5. The van der Waals surface area contributed by atoms with Crippen molar-refractivity contribution in [3.05, 3.63) is 48.0 Å². The Kier molecular flexibility index (Phi) is 5.44. The Morgan fingerprint density at radius 3 is 2.74 bits per heavy atom. The Morgan fingerprint density at radius 1 is 1.26 bits per heavy atom. The smallest absolute Gasteiger partial charge is 0.289 e. The van der Waals surface area contributed by atoms with Crippen LogP contribution < -0.4 is 5.32 Å². The second-order valence-corrected chi connectivity index (χ2v) is 5.63. The first kappa shape index (κ1) is 17.5. The van der Waals surface area contributed by atoms with Crippen LogP contribution >= 0.6 is 12.4 Å². The molecule has 1 aromatic carbocycles. The summed E-state index contributed by atoms with van der Waals surface area (Å²) < 4.78 is 19.4. The van der Waals surface area contributed by atoms with E-state index < -0.39 is 0 Å². The molecule has 2 heterocycles. The van der Waals surface area contributed by atoms with Crippen molar-refractivity contribution in [2.24, 2.45) is 0 Å². The van der Waals surface area contributed by atoms with E-state index in [9.17, 15) is 9.18 Å². The number of nitrogens with one attached hydrogen (secondary N) is 1. The first-order valence-corrected chi connectivity index (χ1v) is 7.47. The third kappa shape index (κ3) is 3.41. The van der Waals surface area contributed by atoms with Gasteiger partial charge in [-0.05, 0) is 38.1 Å². The first-order valence-electron chi connectivity index (χ1n) is 7.47. The third-order valence-corrected chi connectivity index (χ3v) is 4.25. The van der Waals surface area contributed by atoms with E-state index in [4.69, 9.17) is 4.42 Å². The van der Waals surface area contributed by atoms with Gasteiger partial charge in [0.1, 0.15) is 11.6 Å². The highest BCUT2D eigenvalue weighted by molar-refractivity contribution is 5.92. The number of hydrogen-bond acceptors (Lipinski definition) is 3. The van der Waals surface area contributed by atoms with E-state index in [1.165, 1.54) is 6.07 Å². The van der Waals surface area contributed by atoms with Gasteiger partial charge in [-0.25, -0.2) is 4.39 Å². The lowest BCUT2D eigenvalue weighted by Crippen LogP contribution is -2.57. The molecular weight excluding hydrogens is 319 g/mol. The third-order valence-electron chi connectivity index (χ3n) is 4.25. The van der Waals surface area contributed by atoms with Crippen molar-refractivity contribution in [1.82, 2.24) is 10.2 Å². The molecular formula is C17H20ClFN2O2. The number of furan rings is 1. The second kappa shape index (κ2) is 7.15. The highest BCUT2D eigenvalue weighted by Gasteiger charge is 2.30. The van der Waals surface area contributed by atoms with Crippen molar-refractivity contribution >= 4 is 18.3 Å². The van der Waals surface area contributed by atoms with Gasteiger partial charge in [0.2, 0.25) is 0 Å². The molecule has 6 heteroatoms. The molecule has 124 valence electrons. The van der Waals surface area contributed by atoms with Gasteiger partial charge in [-0.3, -0.25) is 4.79 Å². The van der Waals surface area contributed by atoms with Crippen LogP contribution in [0.3, 0.4) is 0 Å². The van der Waals surface area contributed by atoms with Crippen LogP contribution in [0.25, 0.3) is 11.3 Å². The molecule has 1 saturated heterocycles. The summed E-state index contributed by atoms with van der Waals surface area (Å²) in [4.78, 5) is 14.4. The van der Waals surface area contributed by atoms with Crippen LogP contribution in [0.4, 0.5) is 4.39 Å². The van der Waals surface area contributed by atoms with Gasteiger partial charge in [0.25, 0.3) is 5.91 Å². The lowest BCUT2D eigenvalue weighted by atomic mass is 10.1. The average Bonchev–Trinajstić information content (AvgIpc) is 2.99. The van der Waals surface area contributed by atoms with Gasteiger partial charge in [-0.15, -0.1) is 12.4 Å². The molecule has 2 unspecified atom stereocenters. The van der Waals surface area contributed by atoms with E-state index in [1.54, 1.807) is 35.2 Å². The number of amides is 1. The minimum Gasteiger partial charge on any atom is -0.451 e. The van der Waals surface area contributed by atoms with Gasteiger partial charge in [-0.1, -0.05) is 12.1 Å². The minimum absolute atomic E-state index is 0. The topological polar surface area (TPSA) is 45.5 Å². The number of rotatable bonds is 2. The van der Waals surface area contributed by atoms with Crippen LogP contribution in [0.15, 0.2) is 40.8 Å². The Balaban J connectivity index is 0.00000192. The van der Waals surface area contributed by atoms with Crippen LogP contribution in [-0.4, -0.2) is 36.0 Å². The monoisotopic (exact) mass is 338 g/mol. The summed E-state index contributed by atoms with van der Waals surface area (Å²) in [5.41, 5.74) is 0.364. The molecule has 1 aliphatic rings.